The van der Waals surface area contributed by atoms with Crippen molar-refractivity contribution in [3.63, 3.8) is 0 Å². The molecule has 0 bridgehead atoms. The predicted molar refractivity (Wildman–Crippen MR) is 61.9 cm³/mol. The van der Waals surface area contributed by atoms with Crippen LogP contribution in [0.4, 0.5) is 14.5 Å². The maximum atomic E-state index is 12.3. The molecule has 0 fully saturated rings. The molecule has 3 N–H and O–H groups in total. The van der Waals surface area contributed by atoms with Crippen LogP contribution < -0.4 is 10.5 Å². The van der Waals surface area contributed by atoms with Gasteiger partial charge in [-0.3, -0.25) is 0 Å². The minimum atomic E-state index is -3.88. The number of benzene rings is 1. The van der Waals surface area contributed by atoms with E-state index in [0.717, 1.165) is 6.07 Å². The molecule has 0 saturated heterocycles. The normalized spacial score (nSPS) is 13.8. The highest BCUT2D eigenvalue weighted by molar-refractivity contribution is 7.89. The van der Waals surface area contributed by atoms with Crippen LogP contribution in [0.25, 0.3) is 0 Å². The highest BCUT2D eigenvalue weighted by Gasteiger charge is 2.17. The molecule has 0 aliphatic carbocycles. The fourth-order valence-electron chi connectivity index (χ4n) is 1.10. The molecule has 1 unspecified atom stereocenters. The lowest BCUT2D eigenvalue weighted by molar-refractivity contribution is 0.131. The van der Waals surface area contributed by atoms with Gasteiger partial charge in [0.25, 0.3) is 6.43 Å². The Morgan fingerprint density at radius 3 is 2.47 bits per heavy atom. The summed E-state index contributed by atoms with van der Waals surface area (Å²) >= 11 is 5.75. The van der Waals surface area contributed by atoms with Crippen molar-refractivity contribution in [3.8, 4) is 0 Å². The maximum Gasteiger partial charge on any atom is 0.258 e. The smallest absolute Gasteiger partial charge is 0.258 e. The molecule has 1 aromatic carbocycles. The van der Waals surface area contributed by atoms with E-state index >= 15 is 0 Å². The third-order valence-corrected chi connectivity index (χ3v) is 3.27. The molecule has 0 heterocycles. The third kappa shape index (κ3) is 3.79. The van der Waals surface area contributed by atoms with E-state index in [9.17, 15) is 17.2 Å². The number of halogens is 3. The maximum absolute atomic E-state index is 12.3. The first-order valence-electron chi connectivity index (χ1n) is 4.59. The fraction of sp³-hybridized carbons (Fsp3) is 0.333. The van der Waals surface area contributed by atoms with E-state index in [1.807, 2.05) is 0 Å². The molecule has 0 aromatic heterocycles. The second kappa shape index (κ2) is 5.16. The van der Waals surface area contributed by atoms with Gasteiger partial charge in [0, 0.05) is 0 Å². The molecule has 0 radical (unpaired) electrons. The number of nitrogens with two attached hydrogens (primary N) is 1. The zero-order valence-corrected chi connectivity index (χ0v) is 10.4. The minimum absolute atomic E-state index is 0.103. The molecule has 4 nitrogen and oxygen atoms in total. The Labute approximate surface area is 103 Å². The number of primary sulfonamides is 1. The van der Waals surface area contributed by atoms with Gasteiger partial charge in [0.1, 0.15) is 0 Å². The van der Waals surface area contributed by atoms with E-state index in [1.165, 1.54) is 19.1 Å². The largest absolute Gasteiger partial charge is 0.376 e. The molecule has 0 saturated carbocycles. The summed E-state index contributed by atoms with van der Waals surface area (Å²) in [6.07, 6.45) is -2.59. The van der Waals surface area contributed by atoms with Crippen molar-refractivity contribution in [1.29, 1.82) is 0 Å². The van der Waals surface area contributed by atoms with Gasteiger partial charge in [-0.05, 0) is 25.1 Å². The first kappa shape index (κ1) is 14.1. The lowest BCUT2D eigenvalue weighted by atomic mass is 10.2. The Bertz CT molecular complexity index is 508. The molecule has 1 rings (SSSR count). The van der Waals surface area contributed by atoms with Crippen LogP contribution in [0.5, 0.6) is 0 Å². The fourth-order valence-corrected chi connectivity index (χ4v) is 1.81. The van der Waals surface area contributed by atoms with Crippen LogP contribution >= 0.6 is 11.6 Å². The molecule has 0 aliphatic heterocycles. The second-order valence-corrected chi connectivity index (χ2v) is 5.42. The van der Waals surface area contributed by atoms with E-state index < -0.39 is 22.5 Å². The van der Waals surface area contributed by atoms with Crippen molar-refractivity contribution in [2.24, 2.45) is 5.14 Å². The summed E-state index contributed by atoms with van der Waals surface area (Å²) in [5.41, 5.74) is 0.103. The van der Waals surface area contributed by atoms with Crippen molar-refractivity contribution in [2.75, 3.05) is 5.32 Å². The van der Waals surface area contributed by atoms with Gasteiger partial charge in [-0.1, -0.05) is 11.6 Å². The third-order valence-electron chi connectivity index (χ3n) is 2.03. The van der Waals surface area contributed by atoms with Crippen LogP contribution in [0.3, 0.4) is 0 Å². The van der Waals surface area contributed by atoms with Gasteiger partial charge in [0.2, 0.25) is 10.0 Å². The number of sulfonamides is 1. The van der Waals surface area contributed by atoms with Crippen molar-refractivity contribution in [2.45, 2.75) is 24.3 Å². The van der Waals surface area contributed by atoms with E-state index in [0.29, 0.717) is 0 Å². The van der Waals surface area contributed by atoms with Crippen molar-refractivity contribution in [3.05, 3.63) is 23.2 Å². The van der Waals surface area contributed by atoms with Crippen molar-refractivity contribution in [1.82, 2.24) is 0 Å². The molecule has 0 amide bonds. The lowest BCUT2D eigenvalue weighted by Crippen LogP contribution is -2.24. The van der Waals surface area contributed by atoms with E-state index in [-0.39, 0.29) is 15.6 Å². The van der Waals surface area contributed by atoms with Crippen molar-refractivity contribution >= 4 is 27.3 Å². The minimum Gasteiger partial charge on any atom is -0.376 e. The number of hydrogen-bond donors (Lipinski definition) is 2. The Morgan fingerprint density at radius 2 is 2.00 bits per heavy atom. The SMILES string of the molecule is CC(Nc1cc(S(N)(=O)=O)ccc1Cl)C(F)F. The van der Waals surface area contributed by atoms with Crippen LogP contribution in [-0.4, -0.2) is 20.9 Å². The van der Waals surface area contributed by atoms with Crippen LogP contribution in [0, 0.1) is 0 Å². The van der Waals surface area contributed by atoms with Gasteiger partial charge >= 0.3 is 0 Å². The predicted octanol–water partition coefficient (Wildman–Crippen LogP) is 2.05. The Hall–Kier alpha value is -0.920. The Balaban J connectivity index is 3.08. The van der Waals surface area contributed by atoms with E-state index in [2.05, 4.69) is 5.32 Å². The molecule has 17 heavy (non-hydrogen) atoms. The first-order valence-corrected chi connectivity index (χ1v) is 6.51. The molecule has 8 heteroatoms. The summed E-state index contributed by atoms with van der Waals surface area (Å²) < 4.78 is 46.8. The quantitative estimate of drug-likeness (QED) is 0.889. The highest BCUT2D eigenvalue weighted by atomic mass is 35.5. The van der Waals surface area contributed by atoms with E-state index in [4.69, 9.17) is 16.7 Å². The molecule has 1 aromatic rings. The number of hydrogen-bond acceptors (Lipinski definition) is 3. The summed E-state index contributed by atoms with van der Waals surface area (Å²) in [5, 5.41) is 7.48. The highest BCUT2D eigenvalue weighted by Crippen LogP contribution is 2.26. The Kier molecular flexibility index (Phi) is 4.29. The monoisotopic (exact) mass is 284 g/mol. The Morgan fingerprint density at radius 1 is 1.41 bits per heavy atom. The second-order valence-electron chi connectivity index (χ2n) is 3.45. The van der Waals surface area contributed by atoms with Crippen LogP contribution in [0.2, 0.25) is 5.02 Å². The molecule has 96 valence electrons. The standard InChI is InChI=1S/C9H11ClF2N2O2S/c1-5(9(11)12)14-8-4-6(17(13,15)16)2-3-7(8)10/h2-5,9,14H,1H3,(H2,13,15,16). The molecule has 0 aliphatic rings. The lowest BCUT2D eigenvalue weighted by Gasteiger charge is -2.15. The molecular weight excluding hydrogens is 274 g/mol. The summed E-state index contributed by atoms with van der Waals surface area (Å²) in [6.45, 7) is 1.25. The van der Waals surface area contributed by atoms with Gasteiger partial charge in [-0.2, -0.15) is 0 Å². The van der Waals surface area contributed by atoms with Crippen LogP contribution in [-0.2, 0) is 10.0 Å². The van der Waals surface area contributed by atoms with Crippen LogP contribution in [0.15, 0.2) is 23.1 Å². The van der Waals surface area contributed by atoms with Gasteiger partial charge in [0.15, 0.2) is 0 Å². The van der Waals surface area contributed by atoms with Gasteiger partial charge in [-0.25, -0.2) is 22.3 Å². The number of nitrogens with one attached hydrogen (secondary N) is 1. The number of alkyl halides is 2. The van der Waals surface area contributed by atoms with Gasteiger partial charge in [0.05, 0.1) is 21.6 Å². The van der Waals surface area contributed by atoms with E-state index in [1.54, 1.807) is 0 Å². The molecular formula is C9H11ClF2N2O2S. The first-order chi connectivity index (χ1) is 7.71. The van der Waals surface area contributed by atoms with Gasteiger partial charge in [-0.15, -0.1) is 0 Å². The average Bonchev–Trinajstić information content (AvgIpc) is 2.19. The molecule has 1 atom stereocenters. The molecule has 0 spiro atoms. The summed E-state index contributed by atoms with van der Waals surface area (Å²) in [5.74, 6) is 0. The zero-order valence-electron chi connectivity index (χ0n) is 8.82. The van der Waals surface area contributed by atoms with Crippen molar-refractivity contribution < 1.29 is 17.2 Å². The average molecular weight is 285 g/mol. The number of rotatable bonds is 4. The number of anilines is 1. The van der Waals surface area contributed by atoms with Gasteiger partial charge < -0.3 is 5.32 Å². The summed E-state index contributed by atoms with van der Waals surface area (Å²) in [6, 6.07) is 2.46. The van der Waals surface area contributed by atoms with Crippen LogP contribution in [0.1, 0.15) is 6.92 Å². The summed E-state index contributed by atoms with van der Waals surface area (Å²) in [4.78, 5) is -0.189. The zero-order chi connectivity index (χ0) is 13.2. The summed E-state index contributed by atoms with van der Waals surface area (Å²) in [7, 11) is -3.88. The topological polar surface area (TPSA) is 72.2 Å².